The third kappa shape index (κ3) is 3.78. The molecule has 4 nitrogen and oxygen atoms in total. The standard InChI is InChI=1S/C19H17BrFNO3S/c1-2-11-4-3-5-15-18(11)22(19(25)16(26-15)9-17(23)24)10-12-6-7-13(20)8-14(12)21/h3-8,16H,2,9-10H2,1H3,(H,23,24). The normalized spacial score (nSPS) is 16.5. The maximum Gasteiger partial charge on any atom is 0.305 e. The second-order valence-electron chi connectivity index (χ2n) is 5.98. The fraction of sp³-hybridized carbons (Fsp3) is 0.263. The molecule has 0 fully saturated rings. The van der Waals surface area contributed by atoms with E-state index in [1.54, 1.807) is 12.1 Å². The zero-order valence-electron chi connectivity index (χ0n) is 14.0. The van der Waals surface area contributed by atoms with Crippen LogP contribution in [0.25, 0.3) is 0 Å². The van der Waals surface area contributed by atoms with Crippen LogP contribution in [0.15, 0.2) is 45.8 Å². The molecular formula is C19H17BrFNO3S. The summed E-state index contributed by atoms with van der Waals surface area (Å²) in [5.74, 6) is -1.73. The monoisotopic (exact) mass is 437 g/mol. The largest absolute Gasteiger partial charge is 0.481 e. The van der Waals surface area contributed by atoms with Crippen molar-refractivity contribution >= 4 is 45.3 Å². The number of anilines is 1. The molecule has 136 valence electrons. The first-order chi connectivity index (χ1) is 12.4. The number of hydrogen-bond acceptors (Lipinski definition) is 3. The molecule has 0 saturated heterocycles. The Morgan fingerprint density at radius 2 is 2.08 bits per heavy atom. The van der Waals surface area contributed by atoms with E-state index in [2.05, 4.69) is 15.9 Å². The number of carbonyl (C=O) groups is 2. The zero-order chi connectivity index (χ0) is 18.8. The van der Waals surface area contributed by atoms with Crippen molar-refractivity contribution in [3.8, 4) is 0 Å². The lowest BCUT2D eigenvalue weighted by Gasteiger charge is -2.35. The van der Waals surface area contributed by atoms with Crippen molar-refractivity contribution in [1.29, 1.82) is 0 Å². The molecule has 2 aromatic rings. The number of halogens is 2. The summed E-state index contributed by atoms with van der Waals surface area (Å²) in [4.78, 5) is 26.5. The van der Waals surface area contributed by atoms with E-state index >= 15 is 0 Å². The molecule has 1 N–H and O–H groups in total. The smallest absolute Gasteiger partial charge is 0.305 e. The highest BCUT2D eigenvalue weighted by molar-refractivity contribution is 9.10. The van der Waals surface area contributed by atoms with Crippen molar-refractivity contribution in [2.45, 2.75) is 36.5 Å². The molecule has 2 aromatic carbocycles. The van der Waals surface area contributed by atoms with Gasteiger partial charge in [-0.3, -0.25) is 9.59 Å². The Labute approximate surface area is 163 Å². The highest BCUT2D eigenvalue weighted by atomic mass is 79.9. The second-order valence-corrected chi connectivity index (χ2v) is 8.14. The van der Waals surface area contributed by atoms with E-state index in [1.807, 2.05) is 25.1 Å². The maximum absolute atomic E-state index is 14.3. The predicted molar refractivity (Wildman–Crippen MR) is 103 cm³/mol. The lowest BCUT2D eigenvalue weighted by molar-refractivity contribution is -0.138. The summed E-state index contributed by atoms with van der Waals surface area (Å²) >= 11 is 4.50. The summed E-state index contributed by atoms with van der Waals surface area (Å²) < 4.78 is 15.0. The quantitative estimate of drug-likeness (QED) is 0.740. The van der Waals surface area contributed by atoms with Crippen LogP contribution < -0.4 is 4.90 Å². The van der Waals surface area contributed by atoms with Crippen molar-refractivity contribution in [2.75, 3.05) is 4.90 Å². The molecule has 1 aliphatic heterocycles. The third-order valence-corrected chi connectivity index (χ3v) is 5.98. The Balaban J connectivity index is 2.05. The van der Waals surface area contributed by atoms with Crippen LogP contribution >= 0.6 is 27.7 Å². The van der Waals surface area contributed by atoms with Gasteiger partial charge in [0.1, 0.15) is 5.82 Å². The zero-order valence-corrected chi connectivity index (χ0v) is 16.4. The van der Waals surface area contributed by atoms with E-state index in [-0.39, 0.29) is 18.9 Å². The van der Waals surface area contributed by atoms with Gasteiger partial charge >= 0.3 is 5.97 Å². The minimum absolute atomic E-state index is 0.0681. The molecule has 7 heteroatoms. The van der Waals surface area contributed by atoms with Gasteiger partial charge in [-0.2, -0.15) is 0 Å². The van der Waals surface area contributed by atoms with Gasteiger partial charge in [0.25, 0.3) is 0 Å². The van der Waals surface area contributed by atoms with Crippen molar-refractivity contribution in [3.63, 3.8) is 0 Å². The number of fused-ring (bicyclic) bond motifs is 1. The van der Waals surface area contributed by atoms with Crippen molar-refractivity contribution in [1.82, 2.24) is 0 Å². The number of aryl methyl sites for hydroxylation is 1. The van der Waals surface area contributed by atoms with Gasteiger partial charge < -0.3 is 10.0 Å². The first kappa shape index (κ1) is 18.9. The van der Waals surface area contributed by atoms with Crippen molar-refractivity contribution < 1.29 is 19.1 Å². The average Bonchev–Trinajstić information content (AvgIpc) is 2.59. The Kier molecular flexibility index (Phi) is 5.67. The number of thioether (sulfide) groups is 1. The minimum Gasteiger partial charge on any atom is -0.481 e. The molecule has 3 rings (SSSR count). The molecule has 0 aliphatic carbocycles. The van der Waals surface area contributed by atoms with Crippen molar-refractivity contribution in [2.24, 2.45) is 0 Å². The summed E-state index contributed by atoms with van der Waals surface area (Å²) in [5.41, 5.74) is 2.13. The van der Waals surface area contributed by atoms with Gasteiger partial charge in [-0.1, -0.05) is 41.1 Å². The van der Waals surface area contributed by atoms with E-state index in [4.69, 9.17) is 5.11 Å². The Morgan fingerprint density at radius 3 is 2.73 bits per heavy atom. The molecule has 26 heavy (non-hydrogen) atoms. The van der Waals surface area contributed by atoms with Crippen LogP contribution in [-0.4, -0.2) is 22.2 Å². The highest BCUT2D eigenvalue weighted by Gasteiger charge is 2.36. The Hall–Kier alpha value is -1.86. The van der Waals surface area contributed by atoms with Gasteiger partial charge in [0.15, 0.2) is 0 Å². The first-order valence-corrected chi connectivity index (χ1v) is 9.83. The van der Waals surface area contributed by atoms with Gasteiger partial charge in [0, 0.05) is 14.9 Å². The molecule has 1 atom stereocenters. The van der Waals surface area contributed by atoms with Crippen LogP contribution in [0.5, 0.6) is 0 Å². The number of aliphatic carboxylic acids is 1. The molecule has 1 amide bonds. The topological polar surface area (TPSA) is 57.6 Å². The SMILES string of the molecule is CCc1cccc2c1N(Cc1ccc(Br)cc1F)C(=O)C(CC(=O)O)S2. The molecule has 0 saturated carbocycles. The van der Waals surface area contributed by atoms with Gasteiger partial charge in [0.2, 0.25) is 5.91 Å². The molecule has 0 spiro atoms. The van der Waals surface area contributed by atoms with E-state index < -0.39 is 17.0 Å². The fourth-order valence-electron chi connectivity index (χ4n) is 3.01. The van der Waals surface area contributed by atoms with Crippen molar-refractivity contribution in [3.05, 3.63) is 57.8 Å². The lowest BCUT2D eigenvalue weighted by Crippen LogP contribution is -2.42. The number of para-hydroxylation sites is 1. The van der Waals surface area contributed by atoms with Gasteiger partial charge in [-0.15, -0.1) is 11.8 Å². The first-order valence-electron chi connectivity index (χ1n) is 8.16. The number of nitrogens with zero attached hydrogens (tertiary/aromatic N) is 1. The molecular weight excluding hydrogens is 421 g/mol. The molecule has 0 radical (unpaired) electrons. The molecule has 0 bridgehead atoms. The van der Waals surface area contributed by atoms with Gasteiger partial charge in [-0.25, -0.2) is 4.39 Å². The molecule has 1 heterocycles. The number of rotatable bonds is 5. The second kappa shape index (κ2) is 7.80. The summed E-state index contributed by atoms with van der Waals surface area (Å²) in [5, 5.41) is 8.42. The summed E-state index contributed by atoms with van der Waals surface area (Å²) in [7, 11) is 0. The Morgan fingerprint density at radius 1 is 1.31 bits per heavy atom. The predicted octanol–water partition coefficient (Wildman–Crippen LogP) is 4.63. The Bertz CT molecular complexity index is 874. The number of hydrogen-bond donors (Lipinski definition) is 1. The molecule has 1 aliphatic rings. The number of amides is 1. The number of carboxylic acids is 1. The van der Waals surface area contributed by atoms with Crippen LogP contribution in [0.3, 0.4) is 0 Å². The highest BCUT2D eigenvalue weighted by Crippen LogP contribution is 2.43. The van der Waals surface area contributed by atoms with E-state index in [1.165, 1.54) is 22.7 Å². The number of carboxylic acid groups (broad SMARTS) is 1. The van der Waals surface area contributed by atoms with Gasteiger partial charge in [0.05, 0.1) is 23.9 Å². The van der Waals surface area contributed by atoms with Crippen LogP contribution in [-0.2, 0) is 22.6 Å². The summed E-state index contributed by atoms with van der Waals surface area (Å²) in [6, 6.07) is 10.4. The van der Waals surface area contributed by atoms with E-state index in [9.17, 15) is 14.0 Å². The molecule has 1 unspecified atom stereocenters. The number of benzene rings is 2. The minimum atomic E-state index is -1.03. The fourth-order valence-corrected chi connectivity index (χ4v) is 4.61. The number of carbonyl (C=O) groups excluding carboxylic acids is 1. The maximum atomic E-state index is 14.3. The average molecular weight is 438 g/mol. The summed E-state index contributed by atoms with van der Waals surface area (Å²) in [6.07, 6.45) is 0.457. The van der Waals surface area contributed by atoms with Crippen LogP contribution in [0.2, 0.25) is 0 Å². The third-order valence-electron chi connectivity index (χ3n) is 4.25. The molecule has 0 aromatic heterocycles. The van der Waals surface area contributed by atoms with E-state index in [0.717, 1.165) is 22.6 Å². The lowest BCUT2D eigenvalue weighted by atomic mass is 10.1. The van der Waals surface area contributed by atoms with Crippen LogP contribution in [0.1, 0.15) is 24.5 Å². The van der Waals surface area contributed by atoms with Crippen LogP contribution in [0, 0.1) is 5.82 Å². The van der Waals surface area contributed by atoms with Crippen LogP contribution in [0.4, 0.5) is 10.1 Å². The summed E-state index contributed by atoms with van der Waals surface area (Å²) in [6.45, 7) is 2.06. The van der Waals surface area contributed by atoms with Gasteiger partial charge in [-0.05, 0) is 30.2 Å². The van der Waals surface area contributed by atoms with E-state index in [0.29, 0.717) is 10.0 Å².